The summed E-state index contributed by atoms with van der Waals surface area (Å²) in [5.41, 5.74) is 6.25. The molecule has 4 nitrogen and oxygen atoms in total. The third kappa shape index (κ3) is 2.45. The van der Waals surface area contributed by atoms with Gasteiger partial charge in [0.15, 0.2) is 0 Å². The number of nitrogens with zero attached hydrogens (tertiary/aromatic N) is 1. The predicted molar refractivity (Wildman–Crippen MR) is 73.9 cm³/mol. The number of morpholine rings is 1. The van der Waals surface area contributed by atoms with E-state index in [0.29, 0.717) is 12.1 Å². The zero-order valence-corrected chi connectivity index (χ0v) is 11.8. The van der Waals surface area contributed by atoms with Crippen molar-refractivity contribution in [1.29, 1.82) is 0 Å². The molecule has 1 saturated heterocycles. The molecule has 2 aliphatic rings. The van der Waals surface area contributed by atoms with Gasteiger partial charge in [-0.1, -0.05) is 0 Å². The van der Waals surface area contributed by atoms with E-state index in [9.17, 15) is 0 Å². The SMILES string of the molecule is Cc1ccc(C(C(C)N)N2CCOC3CCCC32)o1. The Kier molecular flexibility index (Phi) is 3.65. The lowest BCUT2D eigenvalue weighted by molar-refractivity contribution is -0.0783. The third-order valence-corrected chi connectivity index (χ3v) is 4.43. The largest absolute Gasteiger partial charge is 0.465 e. The van der Waals surface area contributed by atoms with E-state index in [1.54, 1.807) is 0 Å². The van der Waals surface area contributed by atoms with Gasteiger partial charge in [0.1, 0.15) is 11.5 Å². The maximum absolute atomic E-state index is 6.25. The molecule has 1 saturated carbocycles. The average Bonchev–Trinajstić information content (AvgIpc) is 2.98. The molecule has 4 atom stereocenters. The van der Waals surface area contributed by atoms with Crippen molar-refractivity contribution in [3.8, 4) is 0 Å². The van der Waals surface area contributed by atoms with Gasteiger partial charge in [0, 0.05) is 18.6 Å². The van der Waals surface area contributed by atoms with Gasteiger partial charge in [0.25, 0.3) is 0 Å². The summed E-state index contributed by atoms with van der Waals surface area (Å²) in [6.07, 6.45) is 4.05. The first-order chi connectivity index (χ1) is 9.16. The topological polar surface area (TPSA) is 51.6 Å². The molecule has 1 aromatic heterocycles. The van der Waals surface area contributed by atoms with E-state index in [1.165, 1.54) is 19.3 Å². The quantitative estimate of drug-likeness (QED) is 0.909. The van der Waals surface area contributed by atoms with Crippen molar-refractivity contribution in [1.82, 2.24) is 4.90 Å². The van der Waals surface area contributed by atoms with Crippen LogP contribution in [0.2, 0.25) is 0 Å². The van der Waals surface area contributed by atoms with Crippen LogP contribution in [0.1, 0.15) is 43.7 Å². The second kappa shape index (κ2) is 5.27. The summed E-state index contributed by atoms with van der Waals surface area (Å²) in [6.45, 7) is 5.82. The van der Waals surface area contributed by atoms with Gasteiger partial charge in [-0.2, -0.15) is 0 Å². The average molecular weight is 264 g/mol. The summed E-state index contributed by atoms with van der Waals surface area (Å²) in [5.74, 6) is 1.96. The normalized spacial score (nSPS) is 31.1. The van der Waals surface area contributed by atoms with Crippen molar-refractivity contribution in [2.45, 2.75) is 57.3 Å². The Labute approximate surface area is 114 Å². The Morgan fingerprint density at radius 3 is 2.89 bits per heavy atom. The van der Waals surface area contributed by atoms with E-state index < -0.39 is 0 Å². The summed E-state index contributed by atoms with van der Waals surface area (Å²) in [6, 6.07) is 4.84. The minimum absolute atomic E-state index is 0.0601. The number of rotatable bonds is 3. The standard InChI is InChI=1S/C15H24N2O2/c1-10-6-7-14(19-10)15(11(2)16)17-8-9-18-13-5-3-4-12(13)17/h6-7,11-13,15H,3-5,8-9,16H2,1-2H3. The van der Waals surface area contributed by atoms with Crippen LogP contribution in [0.3, 0.4) is 0 Å². The van der Waals surface area contributed by atoms with Gasteiger partial charge in [-0.05, 0) is 45.2 Å². The van der Waals surface area contributed by atoms with Gasteiger partial charge in [-0.25, -0.2) is 0 Å². The highest BCUT2D eigenvalue weighted by molar-refractivity contribution is 5.13. The Morgan fingerprint density at radius 2 is 2.21 bits per heavy atom. The lowest BCUT2D eigenvalue weighted by Crippen LogP contribution is -2.53. The Hall–Kier alpha value is -0.840. The third-order valence-electron chi connectivity index (χ3n) is 4.43. The number of fused-ring (bicyclic) bond motifs is 1. The minimum atomic E-state index is 0.0601. The Balaban J connectivity index is 1.87. The summed E-state index contributed by atoms with van der Waals surface area (Å²) < 4.78 is 11.7. The molecule has 2 heterocycles. The first-order valence-electron chi connectivity index (χ1n) is 7.36. The van der Waals surface area contributed by atoms with Gasteiger partial charge in [0.05, 0.1) is 18.8 Å². The number of hydrogen-bond donors (Lipinski definition) is 1. The second-order valence-electron chi connectivity index (χ2n) is 5.90. The summed E-state index contributed by atoms with van der Waals surface area (Å²) in [4.78, 5) is 2.52. The first-order valence-corrected chi connectivity index (χ1v) is 7.36. The van der Waals surface area contributed by atoms with Crippen molar-refractivity contribution < 1.29 is 9.15 Å². The summed E-state index contributed by atoms with van der Waals surface area (Å²) in [7, 11) is 0. The molecule has 1 aliphatic carbocycles. The number of furan rings is 1. The highest BCUT2D eigenvalue weighted by atomic mass is 16.5. The van der Waals surface area contributed by atoms with Crippen LogP contribution in [0.4, 0.5) is 0 Å². The van der Waals surface area contributed by atoms with E-state index in [2.05, 4.69) is 17.9 Å². The molecule has 1 aliphatic heterocycles. The molecule has 0 radical (unpaired) electrons. The van der Waals surface area contributed by atoms with Gasteiger partial charge in [-0.15, -0.1) is 0 Å². The van der Waals surface area contributed by atoms with E-state index in [0.717, 1.165) is 24.7 Å². The summed E-state index contributed by atoms with van der Waals surface area (Å²) >= 11 is 0. The van der Waals surface area contributed by atoms with Gasteiger partial charge < -0.3 is 14.9 Å². The van der Waals surface area contributed by atoms with Gasteiger partial charge >= 0.3 is 0 Å². The molecule has 106 valence electrons. The zero-order chi connectivity index (χ0) is 13.4. The van der Waals surface area contributed by atoms with Gasteiger partial charge in [-0.3, -0.25) is 4.90 Å². The highest BCUT2D eigenvalue weighted by Gasteiger charge is 2.41. The maximum atomic E-state index is 6.25. The molecule has 2 N–H and O–H groups in total. The number of ether oxygens (including phenoxy) is 1. The highest BCUT2D eigenvalue weighted by Crippen LogP contribution is 2.36. The Bertz CT molecular complexity index is 430. The summed E-state index contributed by atoms with van der Waals surface area (Å²) in [5, 5.41) is 0. The lowest BCUT2D eigenvalue weighted by Gasteiger charge is -2.43. The van der Waals surface area contributed by atoms with Crippen LogP contribution in [-0.4, -0.2) is 36.2 Å². The van der Waals surface area contributed by atoms with E-state index in [-0.39, 0.29) is 12.1 Å². The van der Waals surface area contributed by atoms with Crippen LogP contribution in [-0.2, 0) is 4.74 Å². The zero-order valence-electron chi connectivity index (χ0n) is 11.8. The second-order valence-corrected chi connectivity index (χ2v) is 5.90. The number of aryl methyl sites for hydroxylation is 1. The fourth-order valence-corrected chi connectivity index (χ4v) is 3.64. The van der Waals surface area contributed by atoms with Crippen molar-refractivity contribution in [2.75, 3.05) is 13.2 Å². The van der Waals surface area contributed by atoms with Crippen LogP contribution >= 0.6 is 0 Å². The van der Waals surface area contributed by atoms with Crippen molar-refractivity contribution in [2.24, 2.45) is 5.73 Å². The minimum Gasteiger partial charge on any atom is -0.465 e. The maximum Gasteiger partial charge on any atom is 0.122 e. The van der Waals surface area contributed by atoms with E-state index >= 15 is 0 Å². The first kappa shape index (κ1) is 13.2. The fourth-order valence-electron chi connectivity index (χ4n) is 3.64. The van der Waals surface area contributed by atoms with Crippen LogP contribution in [0.25, 0.3) is 0 Å². The number of nitrogens with two attached hydrogens (primary N) is 1. The van der Waals surface area contributed by atoms with Crippen molar-refractivity contribution in [3.05, 3.63) is 23.7 Å². The monoisotopic (exact) mass is 264 g/mol. The molecule has 4 heteroatoms. The molecule has 1 aromatic rings. The van der Waals surface area contributed by atoms with Crippen LogP contribution in [0, 0.1) is 6.92 Å². The molecule has 2 fully saturated rings. The molecule has 0 amide bonds. The van der Waals surface area contributed by atoms with Crippen LogP contribution < -0.4 is 5.73 Å². The van der Waals surface area contributed by atoms with E-state index in [1.807, 2.05) is 13.0 Å². The molecule has 3 rings (SSSR count). The molecule has 0 bridgehead atoms. The van der Waals surface area contributed by atoms with Crippen LogP contribution in [0.15, 0.2) is 16.5 Å². The molecular weight excluding hydrogens is 240 g/mol. The molecule has 19 heavy (non-hydrogen) atoms. The smallest absolute Gasteiger partial charge is 0.122 e. The molecule has 0 spiro atoms. The van der Waals surface area contributed by atoms with Gasteiger partial charge in [0.2, 0.25) is 0 Å². The fraction of sp³-hybridized carbons (Fsp3) is 0.733. The van der Waals surface area contributed by atoms with Crippen LogP contribution in [0.5, 0.6) is 0 Å². The molecule has 4 unspecified atom stereocenters. The Morgan fingerprint density at radius 1 is 1.37 bits per heavy atom. The molecule has 0 aromatic carbocycles. The number of hydrogen-bond acceptors (Lipinski definition) is 4. The lowest BCUT2D eigenvalue weighted by atomic mass is 10.0. The van der Waals surface area contributed by atoms with Crippen molar-refractivity contribution >= 4 is 0 Å². The van der Waals surface area contributed by atoms with E-state index in [4.69, 9.17) is 14.9 Å². The predicted octanol–water partition coefficient (Wildman–Crippen LogP) is 2.23. The molecular formula is C15H24N2O2. The van der Waals surface area contributed by atoms with Crippen molar-refractivity contribution in [3.63, 3.8) is 0 Å².